The maximum Gasteiger partial charge on any atom is 0.345 e. The summed E-state index contributed by atoms with van der Waals surface area (Å²) in [5.74, 6) is -1.49. The Kier molecular flexibility index (Phi) is 3.72. The summed E-state index contributed by atoms with van der Waals surface area (Å²) in [5.41, 5.74) is 4.53. The van der Waals surface area contributed by atoms with E-state index in [0.29, 0.717) is 6.21 Å². The molecule has 62 valence electrons. The molecule has 0 rings (SSSR count). The van der Waals surface area contributed by atoms with Crippen molar-refractivity contribution in [3.05, 3.63) is 11.5 Å². The summed E-state index contributed by atoms with van der Waals surface area (Å²) in [7, 11) is 0. The van der Waals surface area contributed by atoms with E-state index in [2.05, 4.69) is 4.74 Å². The van der Waals surface area contributed by atoms with Crippen LogP contribution in [0.3, 0.4) is 0 Å². The van der Waals surface area contributed by atoms with Crippen LogP contribution in [0.25, 0.3) is 0 Å². The van der Waals surface area contributed by atoms with Crippen molar-refractivity contribution in [2.24, 2.45) is 5.73 Å². The number of aliphatic hydroxyl groups excluding tert-OH is 1. The highest BCUT2D eigenvalue weighted by molar-refractivity contribution is 6.08. The summed E-state index contributed by atoms with van der Waals surface area (Å²) in [4.78, 5) is 10.7. The molecule has 0 aromatic rings. The first-order chi connectivity index (χ1) is 5.13. The average Bonchev–Trinajstić information content (AvgIpc) is 1.88. The van der Waals surface area contributed by atoms with Crippen molar-refractivity contribution in [3.63, 3.8) is 0 Å². The number of hydrogen-bond acceptors (Lipinski definition) is 5. The molecule has 0 saturated carbocycles. The number of carbonyl (C=O) groups is 1. The molecule has 5 heteroatoms. The van der Waals surface area contributed by atoms with Crippen LogP contribution in [0.4, 0.5) is 0 Å². The molecule has 4 N–H and O–H groups in total. The Hall–Kier alpha value is -1.52. The Balaban J connectivity index is 4.40. The lowest BCUT2D eigenvalue weighted by Gasteiger charge is -2.00. The number of nitrogens with two attached hydrogens (primary N) is 1. The number of rotatable bonds is 3. The van der Waals surface area contributed by atoms with Crippen LogP contribution in [0.15, 0.2) is 11.5 Å². The van der Waals surface area contributed by atoms with Gasteiger partial charge in [-0.05, 0) is 6.92 Å². The standard InChI is InChI=1S/C6H10N2O3/c1-2-11-6(10)4(3-7)5(8)9/h3,7,9H,2,8H2,1H3/b5-4-,7-3?. The van der Waals surface area contributed by atoms with E-state index in [1.165, 1.54) is 0 Å². The van der Waals surface area contributed by atoms with Crippen LogP contribution in [0.5, 0.6) is 0 Å². The van der Waals surface area contributed by atoms with Gasteiger partial charge in [0.15, 0.2) is 5.88 Å². The van der Waals surface area contributed by atoms with Gasteiger partial charge >= 0.3 is 5.97 Å². The van der Waals surface area contributed by atoms with E-state index in [4.69, 9.17) is 16.2 Å². The third-order valence-electron chi connectivity index (χ3n) is 0.916. The van der Waals surface area contributed by atoms with Gasteiger partial charge < -0.3 is 21.0 Å². The molecule has 5 nitrogen and oxygen atoms in total. The van der Waals surface area contributed by atoms with E-state index >= 15 is 0 Å². The van der Waals surface area contributed by atoms with Crippen LogP contribution in [0, 0.1) is 5.41 Å². The summed E-state index contributed by atoms with van der Waals surface area (Å²) in [6.07, 6.45) is 0.646. The normalized spacial score (nSPS) is 11.7. The highest BCUT2D eigenvalue weighted by Crippen LogP contribution is 1.95. The zero-order chi connectivity index (χ0) is 8.85. The van der Waals surface area contributed by atoms with Gasteiger partial charge in [0, 0.05) is 6.21 Å². The molecular weight excluding hydrogens is 148 g/mol. The molecule has 0 bridgehead atoms. The first kappa shape index (κ1) is 9.48. The number of ether oxygens (including phenoxy) is 1. The Labute approximate surface area is 64.0 Å². The number of esters is 1. The minimum Gasteiger partial charge on any atom is -0.494 e. The molecule has 0 aliphatic carbocycles. The molecule has 0 heterocycles. The van der Waals surface area contributed by atoms with Crippen molar-refractivity contribution in [1.29, 1.82) is 5.41 Å². The lowest BCUT2D eigenvalue weighted by Crippen LogP contribution is -2.14. The average molecular weight is 158 g/mol. The Morgan fingerprint density at radius 3 is 2.64 bits per heavy atom. The van der Waals surface area contributed by atoms with Gasteiger partial charge in [0.25, 0.3) is 0 Å². The minimum atomic E-state index is -0.789. The van der Waals surface area contributed by atoms with Gasteiger partial charge in [-0.15, -0.1) is 0 Å². The predicted molar refractivity (Wildman–Crippen MR) is 39.3 cm³/mol. The molecule has 0 radical (unpaired) electrons. The fourth-order valence-corrected chi connectivity index (χ4v) is 0.446. The molecule has 0 spiro atoms. The fourth-order valence-electron chi connectivity index (χ4n) is 0.446. The largest absolute Gasteiger partial charge is 0.494 e. The van der Waals surface area contributed by atoms with Crippen molar-refractivity contribution in [3.8, 4) is 0 Å². The Morgan fingerprint density at radius 2 is 2.36 bits per heavy atom. The van der Waals surface area contributed by atoms with Gasteiger partial charge in [0.05, 0.1) is 6.61 Å². The smallest absolute Gasteiger partial charge is 0.345 e. The van der Waals surface area contributed by atoms with Gasteiger partial charge in [-0.1, -0.05) is 0 Å². The second kappa shape index (κ2) is 4.32. The zero-order valence-corrected chi connectivity index (χ0v) is 6.13. The monoisotopic (exact) mass is 158 g/mol. The van der Waals surface area contributed by atoms with Gasteiger partial charge in [0.2, 0.25) is 0 Å². The lowest BCUT2D eigenvalue weighted by molar-refractivity contribution is -0.138. The fraction of sp³-hybridized carbons (Fsp3) is 0.333. The maximum atomic E-state index is 10.7. The van der Waals surface area contributed by atoms with Gasteiger partial charge in [-0.3, -0.25) is 0 Å². The van der Waals surface area contributed by atoms with Crippen LogP contribution in [0.2, 0.25) is 0 Å². The molecule has 0 saturated heterocycles. The van der Waals surface area contributed by atoms with Crippen LogP contribution >= 0.6 is 0 Å². The number of carbonyl (C=O) groups excluding carboxylic acids is 1. The number of nitrogens with one attached hydrogen (secondary N) is 1. The van der Waals surface area contributed by atoms with Crippen LogP contribution < -0.4 is 5.73 Å². The first-order valence-corrected chi connectivity index (χ1v) is 2.99. The molecule has 0 aromatic carbocycles. The Bertz CT molecular complexity index is 194. The highest BCUT2D eigenvalue weighted by Gasteiger charge is 2.11. The maximum absolute atomic E-state index is 10.7. The van der Waals surface area contributed by atoms with E-state index in [9.17, 15) is 4.79 Å². The van der Waals surface area contributed by atoms with Gasteiger partial charge in [-0.25, -0.2) is 4.79 Å². The van der Waals surface area contributed by atoms with Crippen molar-refractivity contribution >= 4 is 12.2 Å². The molecule has 0 atom stereocenters. The quantitative estimate of drug-likeness (QED) is 0.232. The molecule has 0 unspecified atom stereocenters. The second-order valence-corrected chi connectivity index (χ2v) is 1.66. The van der Waals surface area contributed by atoms with Gasteiger partial charge in [-0.2, -0.15) is 0 Å². The molecule has 11 heavy (non-hydrogen) atoms. The number of hydrogen-bond donors (Lipinski definition) is 3. The van der Waals surface area contributed by atoms with E-state index in [-0.39, 0.29) is 12.2 Å². The molecule has 0 amide bonds. The minimum absolute atomic E-state index is 0.184. The van der Waals surface area contributed by atoms with E-state index in [1.807, 2.05) is 0 Å². The molecule has 0 aliphatic rings. The topological polar surface area (TPSA) is 96.4 Å². The molecule has 0 aromatic heterocycles. The van der Waals surface area contributed by atoms with Crippen molar-refractivity contribution in [1.82, 2.24) is 0 Å². The van der Waals surface area contributed by atoms with Crippen LogP contribution in [0.1, 0.15) is 6.92 Å². The third kappa shape index (κ3) is 2.70. The summed E-state index contributed by atoms with van der Waals surface area (Å²) in [5, 5.41) is 15.3. The second-order valence-electron chi connectivity index (χ2n) is 1.66. The van der Waals surface area contributed by atoms with E-state index in [0.717, 1.165) is 0 Å². The zero-order valence-electron chi connectivity index (χ0n) is 6.13. The summed E-state index contributed by atoms with van der Waals surface area (Å²) in [6.45, 7) is 1.80. The van der Waals surface area contributed by atoms with Gasteiger partial charge in [0.1, 0.15) is 5.57 Å². The van der Waals surface area contributed by atoms with Crippen molar-refractivity contribution < 1.29 is 14.6 Å². The van der Waals surface area contributed by atoms with Crippen molar-refractivity contribution in [2.75, 3.05) is 6.61 Å². The van der Waals surface area contributed by atoms with Crippen LogP contribution in [-0.2, 0) is 9.53 Å². The Morgan fingerprint density at radius 1 is 1.82 bits per heavy atom. The molecule has 0 aliphatic heterocycles. The molecular formula is C6H10N2O3. The lowest BCUT2D eigenvalue weighted by atomic mass is 10.3. The van der Waals surface area contributed by atoms with Crippen LogP contribution in [-0.4, -0.2) is 23.9 Å². The predicted octanol–water partition coefficient (Wildman–Crippen LogP) is -0.0726. The number of aliphatic hydroxyl groups is 1. The van der Waals surface area contributed by atoms with E-state index < -0.39 is 11.9 Å². The first-order valence-electron chi connectivity index (χ1n) is 2.99. The van der Waals surface area contributed by atoms with Crippen molar-refractivity contribution in [2.45, 2.75) is 6.92 Å². The SMILES string of the molecule is CCOC(=O)/C(C=N)=C(/N)O. The summed E-state index contributed by atoms with van der Waals surface area (Å²) in [6, 6.07) is 0. The highest BCUT2D eigenvalue weighted by atomic mass is 16.5. The summed E-state index contributed by atoms with van der Waals surface area (Å²) < 4.78 is 4.47. The third-order valence-corrected chi connectivity index (χ3v) is 0.916. The summed E-state index contributed by atoms with van der Waals surface area (Å²) >= 11 is 0. The van der Waals surface area contributed by atoms with E-state index in [1.54, 1.807) is 6.92 Å². The molecule has 0 fully saturated rings.